The number of sulfonamides is 1. The summed E-state index contributed by atoms with van der Waals surface area (Å²) in [6.07, 6.45) is 1.83. The average Bonchev–Trinajstić information content (AvgIpc) is 3.13. The average molecular weight is 363 g/mol. The predicted molar refractivity (Wildman–Crippen MR) is 96.6 cm³/mol. The van der Waals surface area contributed by atoms with Crippen LogP contribution in [0.1, 0.15) is 23.7 Å². The lowest BCUT2D eigenvalue weighted by atomic mass is 10.1. The van der Waals surface area contributed by atoms with E-state index >= 15 is 0 Å². The first-order valence-electron chi connectivity index (χ1n) is 8.50. The highest BCUT2D eigenvalue weighted by Crippen LogP contribution is 2.20. The van der Waals surface area contributed by atoms with Gasteiger partial charge in [-0.3, -0.25) is 0 Å². The highest BCUT2D eigenvalue weighted by Gasteiger charge is 2.37. The third-order valence-corrected chi connectivity index (χ3v) is 6.59. The van der Waals surface area contributed by atoms with E-state index in [0.29, 0.717) is 18.8 Å². The molecule has 1 aromatic heterocycles. The van der Waals surface area contributed by atoms with Gasteiger partial charge in [0, 0.05) is 12.6 Å². The van der Waals surface area contributed by atoms with Crippen molar-refractivity contribution in [1.82, 2.24) is 24.2 Å². The van der Waals surface area contributed by atoms with Crippen LogP contribution >= 0.6 is 0 Å². The van der Waals surface area contributed by atoms with Gasteiger partial charge in [0.25, 0.3) is 0 Å². The Balaban J connectivity index is 1.66. The molecule has 1 atom stereocenters. The summed E-state index contributed by atoms with van der Waals surface area (Å²) >= 11 is 0. The Kier molecular flexibility index (Phi) is 5.21. The Morgan fingerprint density at radius 2 is 1.96 bits per heavy atom. The van der Waals surface area contributed by atoms with Crippen molar-refractivity contribution in [3.63, 3.8) is 0 Å². The fourth-order valence-electron chi connectivity index (χ4n) is 2.99. The minimum Gasteiger partial charge on any atom is -0.301 e. The smallest absolute Gasteiger partial charge is 0.216 e. The van der Waals surface area contributed by atoms with Crippen LogP contribution in [-0.4, -0.2) is 64.5 Å². The van der Waals surface area contributed by atoms with Crippen LogP contribution < -0.4 is 0 Å². The van der Waals surface area contributed by atoms with Crippen LogP contribution in [0.4, 0.5) is 0 Å². The van der Waals surface area contributed by atoms with Crippen molar-refractivity contribution < 1.29 is 8.42 Å². The van der Waals surface area contributed by atoms with Gasteiger partial charge in [0.15, 0.2) is 0 Å². The second kappa shape index (κ2) is 7.23. The van der Waals surface area contributed by atoms with Crippen molar-refractivity contribution in [2.75, 3.05) is 25.9 Å². The molecule has 1 aliphatic rings. The summed E-state index contributed by atoms with van der Waals surface area (Å²) in [6, 6.07) is 8.29. The van der Waals surface area contributed by atoms with Crippen molar-refractivity contribution in [1.29, 1.82) is 0 Å². The van der Waals surface area contributed by atoms with Crippen LogP contribution in [0.15, 0.2) is 30.5 Å². The number of aromatic nitrogens is 3. The summed E-state index contributed by atoms with van der Waals surface area (Å²) in [4.78, 5) is 2.08. The first-order valence-corrected chi connectivity index (χ1v) is 10.1. The second-order valence-corrected chi connectivity index (χ2v) is 8.70. The summed E-state index contributed by atoms with van der Waals surface area (Å²) < 4.78 is 28.0. The molecule has 0 spiro atoms. The van der Waals surface area contributed by atoms with E-state index in [4.69, 9.17) is 0 Å². The van der Waals surface area contributed by atoms with Gasteiger partial charge in [-0.05, 0) is 26.1 Å². The lowest BCUT2D eigenvalue weighted by Crippen LogP contribution is -2.35. The van der Waals surface area contributed by atoms with Gasteiger partial charge in [0.1, 0.15) is 0 Å². The predicted octanol–water partition coefficient (Wildman–Crippen LogP) is 1.10. The third-order valence-electron chi connectivity index (χ3n) is 4.72. The van der Waals surface area contributed by atoms with Crippen LogP contribution in [0.2, 0.25) is 0 Å². The summed E-state index contributed by atoms with van der Waals surface area (Å²) in [5.41, 5.74) is 3.03. The molecule has 2 heterocycles. The summed E-state index contributed by atoms with van der Waals surface area (Å²) in [5.74, 6) is 0.175. The molecule has 1 fully saturated rings. The quantitative estimate of drug-likeness (QED) is 0.769. The maximum absolute atomic E-state index is 12.4. The molecule has 1 unspecified atom stereocenters. The molecule has 0 radical (unpaired) electrons. The molecular formula is C17H25N5O2S. The summed E-state index contributed by atoms with van der Waals surface area (Å²) in [5, 5.41) is 8.27. The van der Waals surface area contributed by atoms with Gasteiger partial charge in [-0.2, -0.15) is 4.31 Å². The molecule has 0 saturated carbocycles. The summed E-state index contributed by atoms with van der Waals surface area (Å²) in [6.45, 7) is 6.34. The van der Waals surface area contributed by atoms with E-state index in [1.165, 1.54) is 9.87 Å². The van der Waals surface area contributed by atoms with Crippen LogP contribution in [0.25, 0.3) is 0 Å². The maximum atomic E-state index is 12.4. The number of hydrogen-bond acceptors (Lipinski definition) is 5. The molecule has 0 amide bonds. The largest absolute Gasteiger partial charge is 0.301 e. The molecular weight excluding hydrogens is 338 g/mol. The monoisotopic (exact) mass is 363 g/mol. The van der Waals surface area contributed by atoms with E-state index in [2.05, 4.69) is 46.4 Å². The molecule has 0 N–H and O–H groups in total. The van der Waals surface area contributed by atoms with E-state index in [9.17, 15) is 8.42 Å². The Hall–Kier alpha value is -1.77. The number of rotatable bonds is 6. The van der Waals surface area contributed by atoms with Crippen LogP contribution in [0.5, 0.6) is 0 Å². The van der Waals surface area contributed by atoms with Gasteiger partial charge in [0.05, 0.1) is 30.7 Å². The van der Waals surface area contributed by atoms with E-state index < -0.39 is 10.0 Å². The van der Waals surface area contributed by atoms with Gasteiger partial charge >= 0.3 is 0 Å². The second-order valence-electron chi connectivity index (χ2n) is 6.69. The van der Waals surface area contributed by atoms with Crippen LogP contribution in [0.3, 0.4) is 0 Å². The highest BCUT2D eigenvalue weighted by atomic mass is 32.2. The van der Waals surface area contributed by atoms with E-state index in [-0.39, 0.29) is 18.3 Å². The number of benzene rings is 1. The lowest BCUT2D eigenvalue weighted by Gasteiger charge is -2.20. The Morgan fingerprint density at radius 1 is 1.24 bits per heavy atom. The minimum atomic E-state index is -3.23. The molecule has 8 heteroatoms. The maximum Gasteiger partial charge on any atom is 0.216 e. The van der Waals surface area contributed by atoms with Gasteiger partial charge in [-0.15, -0.1) is 5.10 Å². The normalized spacial score (nSPS) is 20.4. The molecule has 1 aromatic carbocycles. The zero-order valence-electron chi connectivity index (χ0n) is 15.0. The van der Waals surface area contributed by atoms with E-state index in [1.54, 1.807) is 4.68 Å². The zero-order chi connectivity index (χ0) is 18.0. The van der Waals surface area contributed by atoms with Gasteiger partial charge in [-0.1, -0.05) is 42.0 Å². The number of aryl methyl sites for hydroxylation is 1. The Bertz CT molecular complexity index is 816. The van der Waals surface area contributed by atoms with Crippen molar-refractivity contribution in [3.8, 4) is 0 Å². The Morgan fingerprint density at radius 3 is 2.64 bits per heavy atom. The first kappa shape index (κ1) is 18.0. The number of hydrogen-bond donors (Lipinski definition) is 0. The highest BCUT2D eigenvalue weighted by molar-refractivity contribution is 7.89. The third kappa shape index (κ3) is 4.26. The topological polar surface area (TPSA) is 71.3 Å². The van der Waals surface area contributed by atoms with Crippen LogP contribution in [-0.2, 0) is 23.1 Å². The molecule has 3 rings (SSSR count). The first-order chi connectivity index (χ1) is 11.9. The number of likely N-dealkylation sites (N-methyl/N-ethyl adjacent to an activating group) is 1. The molecule has 1 saturated heterocycles. The standard InChI is InChI=1S/C17H25N5O2S/c1-4-20(3)17-12-22(25(23,24)13-17)11-16-10-21(19-18-16)9-15-7-5-14(2)6-8-15/h5-8,10,17H,4,9,11-13H2,1-3H3. The lowest BCUT2D eigenvalue weighted by molar-refractivity contribution is 0.251. The fourth-order valence-corrected chi connectivity index (χ4v) is 4.77. The minimum absolute atomic E-state index is 0.0394. The molecule has 7 nitrogen and oxygen atoms in total. The van der Waals surface area contributed by atoms with Crippen LogP contribution in [0, 0.1) is 6.92 Å². The van der Waals surface area contributed by atoms with Crippen molar-refractivity contribution in [3.05, 3.63) is 47.3 Å². The van der Waals surface area contributed by atoms with Gasteiger partial charge in [-0.25, -0.2) is 13.1 Å². The summed E-state index contributed by atoms with van der Waals surface area (Å²) in [7, 11) is -1.27. The molecule has 2 aromatic rings. The van der Waals surface area contributed by atoms with E-state index in [0.717, 1.165) is 12.1 Å². The molecule has 1 aliphatic heterocycles. The van der Waals surface area contributed by atoms with Crippen molar-refractivity contribution in [2.24, 2.45) is 0 Å². The SMILES string of the molecule is CCN(C)C1CN(Cc2cn(Cc3ccc(C)cc3)nn2)S(=O)(=O)C1. The van der Waals surface area contributed by atoms with Gasteiger partial charge in [0.2, 0.25) is 10.0 Å². The van der Waals surface area contributed by atoms with Gasteiger partial charge < -0.3 is 4.90 Å². The molecule has 136 valence electrons. The van der Waals surface area contributed by atoms with Crippen molar-refractivity contribution in [2.45, 2.75) is 33.0 Å². The van der Waals surface area contributed by atoms with E-state index in [1.807, 2.05) is 20.2 Å². The molecule has 25 heavy (non-hydrogen) atoms. The molecule has 0 bridgehead atoms. The number of nitrogens with zero attached hydrogens (tertiary/aromatic N) is 5. The Labute approximate surface area is 149 Å². The zero-order valence-corrected chi connectivity index (χ0v) is 15.8. The molecule has 0 aliphatic carbocycles. The van der Waals surface area contributed by atoms with Crippen molar-refractivity contribution >= 4 is 10.0 Å². The fraction of sp³-hybridized carbons (Fsp3) is 0.529.